The predicted molar refractivity (Wildman–Crippen MR) is 107 cm³/mol. The van der Waals surface area contributed by atoms with Crippen LogP contribution >= 0.6 is 0 Å². The Morgan fingerprint density at radius 1 is 1.00 bits per heavy atom. The van der Waals surface area contributed by atoms with Gasteiger partial charge in [-0.2, -0.15) is 5.26 Å². The molecule has 0 aliphatic rings. The number of hydrogen-bond acceptors (Lipinski definition) is 3. The molecule has 0 radical (unpaired) electrons. The van der Waals surface area contributed by atoms with Gasteiger partial charge in [-0.1, -0.05) is 36.4 Å². The summed E-state index contributed by atoms with van der Waals surface area (Å²) in [7, 11) is 0. The number of carboxylic acids is 1. The molecule has 0 spiro atoms. The Labute approximate surface area is 162 Å². The van der Waals surface area contributed by atoms with Crippen LogP contribution in [-0.2, 0) is 0 Å². The summed E-state index contributed by atoms with van der Waals surface area (Å²) in [4.78, 5) is 23.9. The van der Waals surface area contributed by atoms with Gasteiger partial charge in [0.25, 0.3) is 0 Å². The summed E-state index contributed by atoms with van der Waals surface area (Å²) in [6.45, 7) is 3.76. The molecule has 3 rings (SSSR count). The van der Waals surface area contributed by atoms with Crippen LogP contribution < -0.4 is 0 Å². The van der Waals surface area contributed by atoms with Crippen LogP contribution in [0.25, 0.3) is 11.8 Å². The SMILES string of the molecule is Cc1cc(/C=C(\C#N)C(=O)c2ccccc2)c(C)n1-c1cccc(C(=O)O)c1. The molecule has 138 valence electrons. The van der Waals surface area contributed by atoms with E-state index in [1.165, 1.54) is 6.07 Å². The zero-order valence-corrected chi connectivity index (χ0v) is 15.5. The molecule has 0 amide bonds. The molecular weight excluding hydrogens is 352 g/mol. The van der Waals surface area contributed by atoms with Gasteiger partial charge in [-0.3, -0.25) is 4.79 Å². The van der Waals surface area contributed by atoms with Crippen molar-refractivity contribution in [2.24, 2.45) is 0 Å². The molecule has 1 aromatic heterocycles. The van der Waals surface area contributed by atoms with Crippen molar-refractivity contribution < 1.29 is 14.7 Å². The van der Waals surface area contributed by atoms with Crippen LogP contribution in [0.1, 0.15) is 37.7 Å². The fourth-order valence-corrected chi connectivity index (χ4v) is 3.16. The third kappa shape index (κ3) is 3.62. The van der Waals surface area contributed by atoms with E-state index in [1.54, 1.807) is 42.5 Å². The van der Waals surface area contributed by atoms with Gasteiger partial charge in [-0.05, 0) is 49.8 Å². The smallest absolute Gasteiger partial charge is 0.335 e. The molecule has 5 nitrogen and oxygen atoms in total. The second-order valence-electron chi connectivity index (χ2n) is 6.38. The molecule has 0 saturated carbocycles. The first-order valence-corrected chi connectivity index (χ1v) is 8.66. The third-order valence-electron chi connectivity index (χ3n) is 4.52. The molecule has 3 aromatic rings. The monoisotopic (exact) mass is 370 g/mol. The molecule has 5 heteroatoms. The number of Topliss-reactive ketones (excluding diaryl/α,β-unsaturated/α-hetero) is 1. The number of allylic oxidation sites excluding steroid dienone is 1. The van der Waals surface area contributed by atoms with E-state index in [0.29, 0.717) is 11.3 Å². The lowest BCUT2D eigenvalue weighted by molar-refractivity contribution is 0.0696. The van der Waals surface area contributed by atoms with E-state index >= 15 is 0 Å². The molecule has 0 aliphatic carbocycles. The Hall–Kier alpha value is -3.91. The van der Waals surface area contributed by atoms with Crippen molar-refractivity contribution in [2.75, 3.05) is 0 Å². The van der Waals surface area contributed by atoms with Crippen molar-refractivity contribution in [2.45, 2.75) is 13.8 Å². The maximum atomic E-state index is 12.6. The van der Waals surface area contributed by atoms with Gasteiger partial charge in [0.2, 0.25) is 5.78 Å². The molecule has 0 atom stereocenters. The van der Waals surface area contributed by atoms with Gasteiger partial charge in [0.05, 0.1) is 5.56 Å². The minimum absolute atomic E-state index is 0.0470. The van der Waals surface area contributed by atoms with E-state index in [9.17, 15) is 20.0 Å². The number of aromatic nitrogens is 1. The molecule has 0 saturated heterocycles. The van der Waals surface area contributed by atoms with Crippen LogP contribution in [0.5, 0.6) is 0 Å². The van der Waals surface area contributed by atoms with E-state index in [1.807, 2.05) is 42.7 Å². The lowest BCUT2D eigenvalue weighted by Gasteiger charge is -2.10. The predicted octanol–water partition coefficient (Wildman–Crippen LogP) is 4.58. The molecule has 2 aromatic carbocycles. The number of carbonyl (C=O) groups excluding carboxylic acids is 1. The Morgan fingerprint density at radius 3 is 2.32 bits per heavy atom. The summed E-state index contributed by atoms with van der Waals surface area (Å²) in [6.07, 6.45) is 1.58. The zero-order valence-electron chi connectivity index (χ0n) is 15.5. The van der Waals surface area contributed by atoms with Gasteiger partial charge >= 0.3 is 5.97 Å². The highest BCUT2D eigenvalue weighted by Gasteiger charge is 2.15. The van der Waals surface area contributed by atoms with Crippen LogP contribution in [0.4, 0.5) is 0 Å². The highest BCUT2D eigenvalue weighted by Crippen LogP contribution is 2.24. The van der Waals surface area contributed by atoms with Crippen molar-refractivity contribution in [3.63, 3.8) is 0 Å². The van der Waals surface area contributed by atoms with Gasteiger partial charge in [0, 0.05) is 22.6 Å². The second kappa shape index (κ2) is 7.77. The van der Waals surface area contributed by atoms with Crippen LogP contribution in [0, 0.1) is 25.2 Å². The second-order valence-corrected chi connectivity index (χ2v) is 6.38. The van der Waals surface area contributed by atoms with Crippen molar-refractivity contribution in [1.82, 2.24) is 4.57 Å². The summed E-state index contributed by atoms with van der Waals surface area (Å²) < 4.78 is 1.90. The minimum Gasteiger partial charge on any atom is -0.478 e. The Kier molecular flexibility index (Phi) is 5.23. The molecular formula is C23H18N2O3. The van der Waals surface area contributed by atoms with Crippen LogP contribution in [0.2, 0.25) is 0 Å². The van der Waals surface area contributed by atoms with Crippen LogP contribution in [-0.4, -0.2) is 21.4 Å². The fourth-order valence-electron chi connectivity index (χ4n) is 3.16. The number of carboxylic acid groups (broad SMARTS) is 1. The maximum absolute atomic E-state index is 12.6. The normalized spacial score (nSPS) is 11.1. The van der Waals surface area contributed by atoms with Crippen molar-refractivity contribution in [3.05, 3.63) is 94.3 Å². The van der Waals surface area contributed by atoms with E-state index < -0.39 is 5.97 Å². The lowest BCUT2D eigenvalue weighted by atomic mass is 10.0. The highest BCUT2D eigenvalue weighted by molar-refractivity contribution is 6.14. The van der Waals surface area contributed by atoms with Gasteiger partial charge in [-0.25, -0.2) is 4.79 Å². The lowest BCUT2D eigenvalue weighted by Crippen LogP contribution is -2.03. The minimum atomic E-state index is -0.996. The number of nitriles is 1. The summed E-state index contributed by atoms with van der Waals surface area (Å²) in [5.41, 5.74) is 3.83. The topological polar surface area (TPSA) is 83.1 Å². The quantitative estimate of drug-likeness (QED) is 0.405. The van der Waals surface area contributed by atoms with Crippen molar-refractivity contribution in [3.8, 4) is 11.8 Å². The van der Waals surface area contributed by atoms with Gasteiger partial charge < -0.3 is 9.67 Å². The number of ketones is 1. The Morgan fingerprint density at radius 2 is 1.68 bits per heavy atom. The maximum Gasteiger partial charge on any atom is 0.335 e. The van der Waals surface area contributed by atoms with Crippen molar-refractivity contribution in [1.29, 1.82) is 5.26 Å². The Balaban J connectivity index is 2.05. The van der Waals surface area contributed by atoms with E-state index in [2.05, 4.69) is 0 Å². The highest BCUT2D eigenvalue weighted by atomic mass is 16.4. The number of nitrogens with zero attached hydrogens (tertiary/aromatic N) is 2. The van der Waals surface area contributed by atoms with Gasteiger partial charge in [0.15, 0.2) is 0 Å². The largest absolute Gasteiger partial charge is 0.478 e. The molecule has 0 bridgehead atoms. The summed E-state index contributed by atoms with van der Waals surface area (Å²) >= 11 is 0. The van der Waals surface area contributed by atoms with E-state index in [-0.39, 0.29) is 16.9 Å². The first-order valence-electron chi connectivity index (χ1n) is 8.66. The van der Waals surface area contributed by atoms with E-state index in [4.69, 9.17) is 0 Å². The number of benzene rings is 2. The average Bonchev–Trinajstić information content (AvgIpc) is 2.99. The zero-order chi connectivity index (χ0) is 20.3. The molecule has 1 heterocycles. The summed E-state index contributed by atoms with van der Waals surface area (Å²) in [5, 5.41) is 18.7. The standard InChI is InChI=1S/C23H18N2O3/c1-15-11-19(12-20(14-24)22(26)17-7-4-3-5-8-17)16(2)25(15)21-10-6-9-18(13-21)23(27)28/h3-13H,1-2H3,(H,27,28)/b20-12+. The molecule has 0 aliphatic heterocycles. The average molecular weight is 370 g/mol. The van der Waals surface area contributed by atoms with Gasteiger partial charge in [0.1, 0.15) is 11.6 Å². The fraction of sp³-hybridized carbons (Fsp3) is 0.0870. The number of aryl methyl sites for hydroxylation is 1. The molecule has 0 fully saturated rings. The first kappa shape index (κ1) is 18.9. The number of rotatable bonds is 5. The molecule has 0 unspecified atom stereocenters. The number of hydrogen-bond donors (Lipinski definition) is 1. The van der Waals surface area contributed by atoms with Crippen LogP contribution in [0.3, 0.4) is 0 Å². The van der Waals surface area contributed by atoms with E-state index in [0.717, 1.165) is 17.0 Å². The Bertz CT molecular complexity index is 1130. The van der Waals surface area contributed by atoms with Gasteiger partial charge in [-0.15, -0.1) is 0 Å². The van der Waals surface area contributed by atoms with Crippen molar-refractivity contribution >= 4 is 17.8 Å². The summed E-state index contributed by atoms with van der Waals surface area (Å²) in [5.74, 6) is -1.33. The number of aromatic carboxylic acids is 1. The molecule has 28 heavy (non-hydrogen) atoms. The van der Waals surface area contributed by atoms with Crippen LogP contribution in [0.15, 0.2) is 66.2 Å². The third-order valence-corrected chi connectivity index (χ3v) is 4.52. The molecule has 1 N–H and O–H groups in total. The first-order chi connectivity index (χ1) is 13.4. The number of carbonyl (C=O) groups is 2. The summed E-state index contributed by atoms with van der Waals surface area (Å²) in [6, 6.07) is 19.2.